The first-order chi connectivity index (χ1) is 9.72. The molecule has 4 fully saturated rings. The van der Waals surface area contributed by atoms with Gasteiger partial charge in [-0.15, -0.1) is 0 Å². The SMILES string of the molecule is C[C@]12OB(c3ccc4c(c3)OCO4)O[C@H]1CC1CC2C1. The van der Waals surface area contributed by atoms with E-state index in [1.165, 1.54) is 12.8 Å². The smallest absolute Gasteiger partial charge is 0.454 e. The van der Waals surface area contributed by atoms with Crippen molar-refractivity contribution in [3.63, 3.8) is 0 Å². The van der Waals surface area contributed by atoms with Crippen LogP contribution in [-0.2, 0) is 9.31 Å². The Morgan fingerprint density at radius 1 is 1.15 bits per heavy atom. The minimum atomic E-state index is -0.265. The lowest BCUT2D eigenvalue weighted by Crippen LogP contribution is -2.56. The molecule has 1 aromatic rings. The maximum Gasteiger partial charge on any atom is 0.494 e. The van der Waals surface area contributed by atoms with Gasteiger partial charge in [0.25, 0.3) is 0 Å². The molecular formula is C15H17BO4. The zero-order chi connectivity index (χ0) is 13.3. The average molecular weight is 272 g/mol. The lowest BCUT2D eigenvalue weighted by atomic mass is 9.57. The van der Waals surface area contributed by atoms with E-state index in [4.69, 9.17) is 18.8 Å². The van der Waals surface area contributed by atoms with Gasteiger partial charge in [0.15, 0.2) is 11.5 Å². The summed E-state index contributed by atoms with van der Waals surface area (Å²) in [6.45, 7) is 2.53. The number of rotatable bonds is 1. The van der Waals surface area contributed by atoms with Crippen LogP contribution in [0.25, 0.3) is 0 Å². The van der Waals surface area contributed by atoms with Gasteiger partial charge in [0.2, 0.25) is 6.79 Å². The van der Waals surface area contributed by atoms with Crippen molar-refractivity contribution in [3.05, 3.63) is 18.2 Å². The van der Waals surface area contributed by atoms with Gasteiger partial charge in [-0.1, -0.05) is 6.07 Å². The highest BCUT2D eigenvalue weighted by molar-refractivity contribution is 6.62. The van der Waals surface area contributed by atoms with Gasteiger partial charge in [0, 0.05) is 0 Å². The molecule has 0 radical (unpaired) electrons. The number of hydrogen-bond donors (Lipinski definition) is 0. The molecule has 104 valence electrons. The van der Waals surface area contributed by atoms with E-state index in [1.54, 1.807) is 0 Å². The monoisotopic (exact) mass is 272 g/mol. The van der Waals surface area contributed by atoms with E-state index >= 15 is 0 Å². The van der Waals surface area contributed by atoms with Crippen LogP contribution in [0.5, 0.6) is 11.5 Å². The standard InChI is InChI=1S/C15H17BO4/c1-15-10-4-9(5-10)6-14(15)19-16(20-15)11-2-3-12-13(7-11)18-8-17-12/h2-3,7,9-10,14H,4-6,8H2,1H3/t9?,10?,14-,15+/m0/s1. The molecule has 2 bridgehead atoms. The third-order valence-electron chi connectivity index (χ3n) is 5.55. The molecule has 4 nitrogen and oxygen atoms in total. The zero-order valence-corrected chi connectivity index (χ0v) is 11.5. The Kier molecular flexibility index (Phi) is 2.13. The molecule has 0 unspecified atom stereocenters. The summed E-state index contributed by atoms with van der Waals surface area (Å²) in [5, 5.41) is 0. The minimum Gasteiger partial charge on any atom is -0.454 e. The quantitative estimate of drug-likeness (QED) is 0.729. The molecule has 6 rings (SSSR count). The van der Waals surface area contributed by atoms with Crippen LogP contribution in [0.3, 0.4) is 0 Å². The predicted octanol–water partition coefficient (Wildman–Crippen LogP) is 1.71. The van der Waals surface area contributed by atoms with Gasteiger partial charge >= 0.3 is 7.12 Å². The van der Waals surface area contributed by atoms with Gasteiger partial charge in [-0.25, -0.2) is 0 Å². The molecule has 2 aliphatic heterocycles. The first-order valence-corrected chi connectivity index (χ1v) is 7.45. The van der Waals surface area contributed by atoms with Gasteiger partial charge in [-0.3, -0.25) is 0 Å². The highest BCUT2D eigenvalue weighted by Crippen LogP contribution is 2.56. The van der Waals surface area contributed by atoms with E-state index in [2.05, 4.69) is 6.92 Å². The normalized spacial score (nSPS) is 40.5. The molecule has 3 aliphatic carbocycles. The summed E-state index contributed by atoms with van der Waals surface area (Å²) in [6.07, 6.45) is 4.01. The Hall–Kier alpha value is -1.20. The highest BCUT2D eigenvalue weighted by atomic mass is 16.7. The van der Waals surface area contributed by atoms with Gasteiger partial charge < -0.3 is 18.8 Å². The van der Waals surface area contributed by atoms with Crippen molar-refractivity contribution in [1.82, 2.24) is 0 Å². The number of hydrogen-bond acceptors (Lipinski definition) is 4. The largest absolute Gasteiger partial charge is 0.494 e. The Morgan fingerprint density at radius 3 is 2.85 bits per heavy atom. The van der Waals surface area contributed by atoms with Crippen molar-refractivity contribution in [2.75, 3.05) is 6.79 Å². The molecule has 5 aliphatic rings. The zero-order valence-electron chi connectivity index (χ0n) is 11.5. The summed E-state index contributed by atoms with van der Waals surface area (Å²) in [5.41, 5.74) is 0.928. The lowest BCUT2D eigenvalue weighted by molar-refractivity contribution is -0.113. The van der Waals surface area contributed by atoms with E-state index < -0.39 is 0 Å². The van der Waals surface area contributed by atoms with Crippen molar-refractivity contribution in [3.8, 4) is 11.5 Å². The fourth-order valence-corrected chi connectivity index (χ4v) is 4.17. The van der Waals surface area contributed by atoms with E-state index in [9.17, 15) is 0 Å². The maximum atomic E-state index is 6.33. The second-order valence-corrected chi connectivity index (χ2v) is 6.64. The van der Waals surface area contributed by atoms with Crippen LogP contribution in [0.1, 0.15) is 26.2 Å². The van der Waals surface area contributed by atoms with Gasteiger partial charge in [-0.05, 0) is 55.6 Å². The molecule has 0 amide bonds. The van der Waals surface area contributed by atoms with Crippen LogP contribution in [0, 0.1) is 11.8 Å². The Labute approximate surface area is 118 Å². The Bertz CT molecular complexity index is 571. The molecule has 3 saturated carbocycles. The highest BCUT2D eigenvalue weighted by Gasteiger charge is 2.60. The predicted molar refractivity (Wildman–Crippen MR) is 73.1 cm³/mol. The van der Waals surface area contributed by atoms with Crippen LogP contribution in [0.4, 0.5) is 0 Å². The molecule has 5 heteroatoms. The van der Waals surface area contributed by atoms with Crippen LogP contribution < -0.4 is 14.9 Å². The van der Waals surface area contributed by atoms with E-state index in [0.29, 0.717) is 12.7 Å². The van der Waals surface area contributed by atoms with Crippen LogP contribution >= 0.6 is 0 Å². The van der Waals surface area contributed by atoms with Crippen molar-refractivity contribution in [2.45, 2.75) is 37.9 Å². The molecule has 0 spiro atoms. The second-order valence-electron chi connectivity index (χ2n) is 6.64. The minimum absolute atomic E-state index is 0.101. The maximum absolute atomic E-state index is 6.33. The summed E-state index contributed by atoms with van der Waals surface area (Å²) < 4.78 is 23.3. The van der Waals surface area contributed by atoms with Crippen molar-refractivity contribution in [1.29, 1.82) is 0 Å². The van der Waals surface area contributed by atoms with Crippen molar-refractivity contribution < 1.29 is 18.8 Å². The molecule has 2 atom stereocenters. The van der Waals surface area contributed by atoms with Crippen LogP contribution in [0.2, 0.25) is 0 Å². The Morgan fingerprint density at radius 2 is 2.00 bits per heavy atom. The third-order valence-corrected chi connectivity index (χ3v) is 5.55. The van der Waals surface area contributed by atoms with Crippen LogP contribution in [-0.4, -0.2) is 25.6 Å². The fourth-order valence-electron chi connectivity index (χ4n) is 4.17. The third kappa shape index (κ3) is 1.40. The van der Waals surface area contributed by atoms with Crippen LogP contribution in [0.15, 0.2) is 18.2 Å². The van der Waals surface area contributed by atoms with Gasteiger partial charge in [-0.2, -0.15) is 0 Å². The molecule has 0 N–H and O–H groups in total. The summed E-state index contributed by atoms with van der Waals surface area (Å²) in [6, 6.07) is 5.94. The Balaban J connectivity index is 1.45. The van der Waals surface area contributed by atoms with E-state index in [1.807, 2.05) is 18.2 Å². The first kappa shape index (κ1) is 11.5. The topological polar surface area (TPSA) is 36.9 Å². The van der Waals surface area contributed by atoms with E-state index in [-0.39, 0.29) is 18.8 Å². The van der Waals surface area contributed by atoms with Crippen molar-refractivity contribution >= 4 is 12.6 Å². The van der Waals surface area contributed by atoms with E-state index in [0.717, 1.165) is 29.3 Å². The molecule has 2 heterocycles. The number of benzene rings is 1. The molecule has 20 heavy (non-hydrogen) atoms. The van der Waals surface area contributed by atoms with Gasteiger partial charge in [0.1, 0.15) is 0 Å². The second kappa shape index (κ2) is 3.71. The van der Waals surface area contributed by atoms with Gasteiger partial charge in [0.05, 0.1) is 11.7 Å². The molecular weight excluding hydrogens is 255 g/mol. The number of fused-ring (bicyclic) bond motifs is 1. The average Bonchev–Trinajstić information content (AvgIpc) is 2.98. The van der Waals surface area contributed by atoms with Crippen molar-refractivity contribution in [2.24, 2.45) is 11.8 Å². The number of ether oxygens (including phenoxy) is 2. The molecule has 1 saturated heterocycles. The summed E-state index contributed by atoms with van der Waals surface area (Å²) in [5.74, 6) is 3.12. The summed E-state index contributed by atoms with van der Waals surface area (Å²) in [4.78, 5) is 0. The molecule has 0 aromatic heterocycles. The fraction of sp³-hybridized carbons (Fsp3) is 0.600. The summed E-state index contributed by atoms with van der Waals surface area (Å²) in [7, 11) is -0.265. The lowest BCUT2D eigenvalue weighted by Gasteiger charge is -2.53. The molecule has 1 aromatic carbocycles. The summed E-state index contributed by atoms with van der Waals surface area (Å²) >= 11 is 0. The first-order valence-electron chi connectivity index (χ1n) is 7.45.